The molecule has 0 atom stereocenters. The second kappa shape index (κ2) is 7.70. The van der Waals surface area contributed by atoms with E-state index in [1.165, 1.54) is 0 Å². The lowest BCUT2D eigenvalue weighted by molar-refractivity contribution is 0.0953. The molecule has 2 aromatic heterocycles. The summed E-state index contributed by atoms with van der Waals surface area (Å²) in [5.74, 6) is 0.687. The predicted molar refractivity (Wildman–Crippen MR) is 94.4 cm³/mol. The number of carbonyl (C=O) groups excluding carboxylic acids is 1. The van der Waals surface area contributed by atoms with Crippen LogP contribution in [0.1, 0.15) is 16.1 Å². The fourth-order valence-corrected chi connectivity index (χ4v) is 3.15. The van der Waals surface area contributed by atoms with E-state index in [0.29, 0.717) is 18.5 Å². The van der Waals surface area contributed by atoms with E-state index in [1.54, 1.807) is 43.0 Å². The molecule has 122 valence electrons. The van der Waals surface area contributed by atoms with Crippen molar-refractivity contribution in [1.82, 2.24) is 15.3 Å². The van der Waals surface area contributed by atoms with E-state index in [-0.39, 0.29) is 5.91 Å². The first-order chi connectivity index (χ1) is 11.8. The van der Waals surface area contributed by atoms with Crippen LogP contribution in [0, 0.1) is 0 Å². The molecule has 2 heterocycles. The van der Waals surface area contributed by atoms with E-state index < -0.39 is 0 Å². The Kier molecular flexibility index (Phi) is 5.18. The molecule has 0 aliphatic carbocycles. The molecule has 0 fully saturated rings. The molecule has 0 saturated carbocycles. The third-order valence-electron chi connectivity index (χ3n) is 3.48. The molecule has 1 amide bonds. The van der Waals surface area contributed by atoms with Crippen LogP contribution in [0.2, 0.25) is 0 Å². The molecule has 5 nitrogen and oxygen atoms in total. The summed E-state index contributed by atoms with van der Waals surface area (Å²) < 4.78 is 5.37. The number of ether oxygens (including phenoxy) is 1. The van der Waals surface area contributed by atoms with Crippen LogP contribution in [0.4, 0.5) is 0 Å². The van der Waals surface area contributed by atoms with Crippen molar-refractivity contribution in [2.45, 2.75) is 6.42 Å². The lowest BCUT2D eigenvalue weighted by Crippen LogP contribution is -2.25. The van der Waals surface area contributed by atoms with Crippen LogP contribution in [0.15, 0.2) is 54.2 Å². The molecule has 0 radical (unpaired) electrons. The van der Waals surface area contributed by atoms with Crippen molar-refractivity contribution in [3.05, 3.63) is 65.4 Å². The van der Waals surface area contributed by atoms with Crippen LogP contribution in [-0.2, 0) is 6.42 Å². The van der Waals surface area contributed by atoms with Gasteiger partial charge in [0.05, 0.1) is 23.9 Å². The molecule has 0 saturated heterocycles. The molecule has 0 aliphatic heterocycles. The molecule has 0 bridgehead atoms. The first-order valence-corrected chi connectivity index (χ1v) is 8.42. The number of nitrogens with zero attached hydrogens (tertiary/aromatic N) is 2. The van der Waals surface area contributed by atoms with E-state index in [0.717, 1.165) is 22.0 Å². The van der Waals surface area contributed by atoms with Crippen molar-refractivity contribution in [3.63, 3.8) is 0 Å². The van der Waals surface area contributed by atoms with E-state index in [2.05, 4.69) is 15.3 Å². The summed E-state index contributed by atoms with van der Waals surface area (Å²) in [5.41, 5.74) is 2.49. The summed E-state index contributed by atoms with van der Waals surface area (Å²) in [7, 11) is 1.65. The monoisotopic (exact) mass is 339 g/mol. The second-order valence-electron chi connectivity index (χ2n) is 5.09. The van der Waals surface area contributed by atoms with Gasteiger partial charge in [0.2, 0.25) is 0 Å². The van der Waals surface area contributed by atoms with E-state index in [1.807, 2.05) is 29.6 Å². The van der Waals surface area contributed by atoms with Gasteiger partial charge in [-0.05, 0) is 24.3 Å². The lowest BCUT2D eigenvalue weighted by Gasteiger charge is -2.05. The number of nitrogens with one attached hydrogen (secondary N) is 1. The quantitative estimate of drug-likeness (QED) is 0.749. The SMILES string of the molecule is COc1ccccc1-c1nc(CCNC(=O)c2cccnc2)cs1. The molecule has 1 N–H and O–H groups in total. The van der Waals surface area contributed by atoms with Gasteiger partial charge in [-0.3, -0.25) is 9.78 Å². The third kappa shape index (κ3) is 3.78. The number of pyridine rings is 1. The van der Waals surface area contributed by atoms with E-state index in [4.69, 9.17) is 4.74 Å². The Hall–Kier alpha value is -2.73. The van der Waals surface area contributed by atoms with Crippen molar-refractivity contribution in [2.24, 2.45) is 0 Å². The van der Waals surface area contributed by atoms with Gasteiger partial charge in [0, 0.05) is 30.7 Å². The molecule has 24 heavy (non-hydrogen) atoms. The highest BCUT2D eigenvalue weighted by atomic mass is 32.1. The second-order valence-corrected chi connectivity index (χ2v) is 5.95. The smallest absolute Gasteiger partial charge is 0.252 e. The van der Waals surface area contributed by atoms with E-state index >= 15 is 0 Å². The van der Waals surface area contributed by atoms with Gasteiger partial charge < -0.3 is 10.1 Å². The minimum atomic E-state index is -0.122. The zero-order chi connectivity index (χ0) is 16.8. The number of aromatic nitrogens is 2. The highest BCUT2D eigenvalue weighted by Gasteiger charge is 2.10. The number of amides is 1. The molecule has 1 aromatic carbocycles. The highest BCUT2D eigenvalue weighted by Crippen LogP contribution is 2.31. The summed E-state index contributed by atoms with van der Waals surface area (Å²) in [6.07, 6.45) is 3.88. The Labute approximate surface area is 144 Å². The molecule has 3 rings (SSSR count). The Morgan fingerprint density at radius 2 is 2.12 bits per heavy atom. The largest absolute Gasteiger partial charge is 0.496 e. The summed E-state index contributed by atoms with van der Waals surface area (Å²) in [6, 6.07) is 11.3. The zero-order valence-electron chi connectivity index (χ0n) is 13.2. The molecular weight excluding hydrogens is 322 g/mol. The number of methoxy groups -OCH3 is 1. The van der Waals surface area contributed by atoms with Gasteiger partial charge in [0.1, 0.15) is 10.8 Å². The van der Waals surface area contributed by atoms with Crippen LogP contribution < -0.4 is 10.1 Å². The molecule has 6 heteroatoms. The van der Waals surface area contributed by atoms with Crippen LogP contribution in [0.3, 0.4) is 0 Å². The molecule has 3 aromatic rings. The van der Waals surface area contributed by atoms with Gasteiger partial charge in [-0.1, -0.05) is 12.1 Å². The van der Waals surface area contributed by atoms with Crippen molar-refractivity contribution >= 4 is 17.2 Å². The number of rotatable bonds is 6. The topological polar surface area (TPSA) is 64.1 Å². The third-order valence-corrected chi connectivity index (χ3v) is 4.40. The number of thiazole rings is 1. The normalized spacial score (nSPS) is 10.4. The highest BCUT2D eigenvalue weighted by molar-refractivity contribution is 7.13. The van der Waals surface area contributed by atoms with Gasteiger partial charge in [0.25, 0.3) is 5.91 Å². The summed E-state index contributed by atoms with van der Waals surface area (Å²) >= 11 is 1.57. The number of hydrogen-bond donors (Lipinski definition) is 1. The van der Waals surface area contributed by atoms with Gasteiger partial charge in [0.15, 0.2) is 0 Å². The number of carbonyl (C=O) groups is 1. The fourth-order valence-electron chi connectivity index (χ4n) is 2.27. The van der Waals surface area contributed by atoms with E-state index in [9.17, 15) is 4.79 Å². The van der Waals surface area contributed by atoms with Crippen LogP contribution in [0.25, 0.3) is 10.6 Å². The van der Waals surface area contributed by atoms with Gasteiger partial charge in [-0.2, -0.15) is 0 Å². The minimum absolute atomic E-state index is 0.122. The summed E-state index contributed by atoms with van der Waals surface area (Å²) in [5, 5.41) is 5.81. The first kappa shape index (κ1) is 16.1. The van der Waals surface area contributed by atoms with Crippen LogP contribution in [0.5, 0.6) is 5.75 Å². The van der Waals surface area contributed by atoms with Crippen molar-refractivity contribution in [2.75, 3.05) is 13.7 Å². The van der Waals surface area contributed by atoms with Crippen molar-refractivity contribution in [3.8, 4) is 16.3 Å². The lowest BCUT2D eigenvalue weighted by atomic mass is 10.2. The maximum absolute atomic E-state index is 12.0. The molecule has 0 aliphatic rings. The number of hydrogen-bond acceptors (Lipinski definition) is 5. The van der Waals surface area contributed by atoms with Crippen LogP contribution >= 0.6 is 11.3 Å². The standard InChI is InChI=1S/C18H17N3O2S/c1-23-16-7-3-2-6-15(16)18-21-14(12-24-18)8-10-20-17(22)13-5-4-9-19-11-13/h2-7,9,11-12H,8,10H2,1H3,(H,20,22). The first-order valence-electron chi connectivity index (χ1n) is 7.54. The molecule has 0 unspecified atom stereocenters. The van der Waals surface area contributed by atoms with Gasteiger partial charge in [-0.25, -0.2) is 4.98 Å². The predicted octanol–water partition coefficient (Wildman–Crippen LogP) is 3.19. The fraction of sp³-hybridized carbons (Fsp3) is 0.167. The Morgan fingerprint density at radius 1 is 1.25 bits per heavy atom. The number of benzene rings is 1. The Bertz CT molecular complexity index is 818. The van der Waals surface area contributed by atoms with Crippen molar-refractivity contribution in [1.29, 1.82) is 0 Å². The van der Waals surface area contributed by atoms with Crippen molar-refractivity contribution < 1.29 is 9.53 Å². The van der Waals surface area contributed by atoms with Crippen LogP contribution in [-0.4, -0.2) is 29.5 Å². The average molecular weight is 339 g/mol. The average Bonchev–Trinajstić information content (AvgIpc) is 3.11. The van der Waals surface area contributed by atoms with Gasteiger partial charge in [-0.15, -0.1) is 11.3 Å². The summed E-state index contributed by atoms with van der Waals surface area (Å²) in [6.45, 7) is 0.531. The maximum atomic E-state index is 12.0. The zero-order valence-corrected chi connectivity index (χ0v) is 14.0. The number of para-hydroxylation sites is 1. The summed E-state index contributed by atoms with van der Waals surface area (Å²) in [4.78, 5) is 20.5. The minimum Gasteiger partial charge on any atom is -0.496 e. The van der Waals surface area contributed by atoms with Gasteiger partial charge >= 0.3 is 0 Å². The molecule has 0 spiro atoms. The molecular formula is C18H17N3O2S. The Morgan fingerprint density at radius 3 is 2.92 bits per heavy atom. The Balaban J connectivity index is 1.60. The maximum Gasteiger partial charge on any atom is 0.252 e.